The Bertz CT molecular complexity index is 311. The van der Waals surface area contributed by atoms with Gasteiger partial charge < -0.3 is 4.84 Å². The molecule has 0 spiro atoms. The zero-order valence-corrected chi connectivity index (χ0v) is 12.0. The number of rotatable bonds is 2. The highest BCUT2D eigenvalue weighted by Gasteiger charge is 2.05. The molecule has 1 aliphatic rings. The second-order valence-electron chi connectivity index (χ2n) is 4.37. The molecule has 0 saturated heterocycles. The molecule has 0 amide bonds. The predicted octanol–water partition coefficient (Wildman–Crippen LogP) is 4.32. The Hall–Kier alpha value is -0.640. The van der Waals surface area contributed by atoms with Crippen molar-refractivity contribution < 1.29 is 9.63 Å². The van der Waals surface area contributed by atoms with Gasteiger partial charge >= 0.3 is 5.97 Å². The minimum atomic E-state index is -0.377. The van der Waals surface area contributed by atoms with E-state index in [2.05, 4.69) is 25.9 Å². The molecular formula is C13H20BrNO2. The first kappa shape index (κ1) is 14.4. The highest BCUT2D eigenvalue weighted by atomic mass is 79.9. The van der Waals surface area contributed by atoms with Crippen molar-refractivity contribution in [3.63, 3.8) is 0 Å². The number of hydrogen-bond donors (Lipinski definition) is 0. The Labute approximate surface area is 111 Å². The van der Waals surface area contributed by atoms with Crippen molar-refractivity contribution >= 4 is 28.1 Å². The van der Waals surface area contributed by atoms with Gasteiger partial charge in [0.15, 0.2) is 0 Å². The Morgan fingerprint density at radius 3 is 2.41 bits per heavy atom. The molecule has 1 rings (SSSR count). The summed E-state index contributed by atoms with van der Waals surface area (Å²) in [5.41, 5.74) is 1.16. The first-order valence-corrected chi connectivity index (χ1v) is 7.08. The third-order valence-corrected chi connectivity index (χ3v) is 3.74. The molecule has 0 N–H and O–H groups in total. The Morgan fingerprint density at radius 1 is 1.18 bits per heavy atom. The Kier molecular flexibility index (Phi) is 7.17. The van der Waals surface area contributed by atoms with Crippen molar-refractivity contribution in [1.29, 1.82) is 0 Å². The summed E-state index contributed by atoms with van der Waals surface area (Å²) in [6, 6.07) is 0. The van der Waals surface area contributed by atoms with Crippen LogP contribution < -0.4 is 0 Å². The molecule has 4 heteroatoms. The molecule has 0 bridgehead atoms. The van der Waals surface area contributed by atoms with Crippen LogP contribution in [0, 0.1) is 0 Å². The third-order valence-electron chi connectivity index (χ3n) is 2.83. The standard InChI is InChI=1S/C13H20BrNO2/c1-11(16)17-15-10-12-8-6-4-2-3-5-7-9-13(12)14/h10H,2-9H2,1H3/b13-12-,15-10+. The van der Waals surface area contributed by atoms with Crippen LogP contribution in [0.3, 0.4) is 0 Å². The van der Waals surface area contributed by atoms with Crippen molar-refractivity contribution in [2.24, 2.45) is 5.16 Å². The fraction of sp³-hybridized carbons (Fsp3) is 0.692. The summed E-state index contributed by atoms with van der Waals surface area (Å²) in [5.74, 6) is -0.377. The summed E-state index contributed by atoms with van der Waals surface area (Å²) in [5, 5.41) is 3.71. The zero-order chi connectivity index (χ0) is 12.5. The summed E-state index contributed by atoms with van der Waals surface area (Å²) in [7, 11) is 0. The first-order chi connectivity index (χ1) is 8.20. The summed E-state index contributed by atoms with van der Waals surface area (Å²) in [6.45, 7) is 1.36. The van der Waals surface area contributed by atoms with Gasteiger partial charge in [-0.25, -0.2) is 4.79 Å². The number of allylic oxidation sites excluding steroid dienone is 2. The van der Waals surface area contributed by atoms with E-state index in [9.17, 15) is 4.79 Å². The van der Waals surface area contributed by atoms with E-state index in [0.29, 0.717) is 0 Å². The summed E-state index contributed by atoms with van der Waals surface area (Å²) < 4.78 is 1.20. The number of carbonyl (C=O) groups excluding carboxylic acids is 1. The molecule has 0 aliphatic heterocycles. The first-order valence-electron chi connectivity index (χ1n) is 6.28. The van der Waals surface area contributed by atoms with E-state index in [1.54, 1.807) is 6.21 Å². The minimum Gasteiger partial charge on any atom is -0.319 e. The molecule has 0 unspecified atom stereocenters. The molecule has 0 radical (unpaired) electrons. The van der Waals surface area contributed by atoms with E-state index in [-0.39, 0.29) is 5.97 Å². The van der Waals surface area contributed by atoms with Crippen molar-refractivity contribution in [2.75, 3.05) is 0 Å². The fourth-order valence-corrected chi connectivity index (χ4v) is 2.48. The topological polar surface area (TPSA) is 38.7 Å². The molecule has 0 aromatic carbocycles. The highest BCUT2D eigenvalue weighted by molar-refractivity contribution is 9.11. The van der Waals surface area contributed by atoms with E-state index in [0.717, 1.165) is 18.4 Å². The van der Waals surface area contributed by atoms with E-state index in [1.165, 1.54) is 49.9 Å². The van der Waals surface area contributed by atoms with Gasteiger partial charge in [0, 0.05) is 6.92 Å². The molecule has 1 aliphatic carbocycles. The van der Waals surface area contributed by atoms with Crippen LogP contribution in [0.1, 0.15) is 58.3 Å². The van der Waals surface area contributed by atoms with E-state index >= 15 is 0 Å². The van der Waals surface area contributed by atoms with Crippen LogP contribution in [0.5, 0.6) is 0 Å². The lowest BCUT2D eigenvalue weighted by Crippen LogP contribution is -1.96. The summed E-state index contributed by atoms with van der Waals surface area (Å²) in [4.78, 5) is 15.2. The maximum absolute atomic E-state index is 10.6. The molecule has 96 valence electrons. The highest BCUT2D eigenvalue weighted by Crippen LogP contribution is 2.25. The van der Waals surface area contributed by atoms with Crippen molar-refractivity contribution in [1.82, 2.24) is 0 Å². The van der Waals surface area contributed by atoms with Crippen LogP contribution in [0.4, 0.5) is 0 Å². The average molecular weight is 302 g/mol. The van der Waals surface area contributed by atoms with Gasteiger partial charge in [0.25, 0.3) is 0 Å². The molecule has 0 fully saturated rings. The summed E-state index contributed by atoms with van der Waals surface area (Å²) >= 11 is 3.61. The van der Waals surface area contributed by atoms with Gasteiger partial charge in [0.1, 0.15) is 0 Å². The largest absolute Gasteiger partial charge is 0.331 e. The van der Waals surface area contributed by atoms with Gasteiger partial charge in [-0.1, -0.05) is 46.8 Å². The maximum atomic E-state index is 10.6. The van der Waals surface area contributed by atoms with Gasteiger partial charge in [-0.15, -0.1) is 0 Å². The Balaban J connectivity index is 2.60. The molecule has 3 nitrogen and oxygen atoms in total. The zero-order valence-electron chi connectivity index (χ0n) is 10.4. The predicted molar refractivity (Wildman–Crippen MR) is 73.1 cm³/mol. The second-order valence-corrected chi connectivity index (χ2v) is 5.33. The van der Waals surface area contributed by atoms with E-state index < -0.39 is 0 Å². The summed E-state index contributed by atoms with van der Waals surface area (Å²) in [6.07, 6.45) is 11.4. The quantitative estimate of drug-likeness (QED) is 0.433. The monoisotopic (exact) mass is 301 g/mol. The number of carbonyl (C=O) groups is 1. The number of nitrogens with zero attached hydrogens (tertiary/aromatic N) is 1. The van der Waals surface area contributed by atoms with Gasteiger partial charge in [-0.2, -0.15) is 0 Å². The van der Waals surface area contributed by atoms with Crippen LogP contribution in [0.15, 0.2) is 15.2 Å². The number of hydrogen-bond acceptors (Lipinski definition) is 3. The van der Waals surface area contributed by atoms with Crippen molar-refractivity contribution in [3.8, 4) is 0 Å². The van der Waals surface area contributed by atoms with E-state index in [4.69, 9.17) is 0 Å². The number of halogens is 1. The van der Waals surface area contributed by atoms with Crippen LogP contribution >= 0.6 is 15.9 Å². The smallest absolute Gasteiger partial charge is 0.319 e. The average Bonchev–Trinajstić information content (AvgIpc) is 2.29. The van der Waals surface area contributed by atoms with Crippen molar-refractivity contribution in [2.45, 2.75) is 58.3 Å². The van der Waals surface area contributed by atoms with Crippen LogP contribution in [0.25, 0.3) is 0 Å². The fourth-order valence-electron chi connectivity index (χ4n) is 1.90. The lowest BCUT2D eigenvalue weighted by atomic mass is 10.0. The molecule has 17 heavy (non-hydrogen) atoms. The normalized spacial score (nSPS) is 23.6. The van der Waals surface area contributed by atoms with Gasteiger partial charge in [0.05, 0.1) is 6.21 Å². The van der Waals surface area contributed by atoms with E-state index in [1.807, 2.05) is 0 Å². The van der Waals surface area contributed by atoms with Gasteiger partial charge in [-0.05, 0) is 35.7 Å². The van der Waals surface area contributed by atoms with Crippen LogP contribution in [0.2, 0.25) is 0 Å². The van der Waals surface area contributed by atoms with Crippen LogP contribution in [-0.2, 0) is 9.63 Å². The van der Waals surface area contributed by atoms with Crippen molar-refractivity contribution in [3.05, 3.63) is 10.1 Å². The molecular weight excluding hydrogens is 282 g/mol. The third kappa shape index (κ3) is 6.61. The van der Waals surface area contributed by atoms with Gasteiger partial charge in [0.2, 0.25) is 0 Å². The van der Waals surface area contributed by atoms with Crippen LogP contribution in [-0.4, -0.2) is 12.2 Å². The molecule has 0 heterocycles. The lowest BCUT2D eigenvalue weighted by molar-refractivity contribution is -0.140. The lowest BCUT2D eigenvalue weighted by Gasteiger charge is -2.09. The number of oxime groups is 1. The van der Waals surface area contributed by atoms with Gasteiger partial charge in [-0.3, -0.25) is 0 Å². The molecule has 0 aromatic heterocycles. The SMILES string of the molecule is CC(=O)O/N=C/C1=C(\Br)CCCCCCCC1. The molecule has 0 saturated carbocycles. The molecule has 0 aromatic rings. The Morgan fingerprint density at radius 2 is 1.76 bits per heavy atom. The minimum absolute atomic E-state index is 0.377. The molecule has 0 atom stereocenters. The maximum Gasteiger partial charge on any atom is 0.331 e. The second kappa shape index (κ2) is 8.45.